The lowest BCUT2D eigenvalue weighted by molar-refractivity contribution is 0.127. The fourth-order valence-electron chi connectivity index (χ4n) is 1.80. The maximum absolute atomic E-state index is 5.54. The van der Waals surface area contributed by atoms with E-state index in [2.05, 4.69) is 37.4 Å². The van der Waals surface area contributed by atoms with Crippen molar-refractivity contribution in [3.63, 3.8) is 0 Å². The van der Waals surface area contributed by atoms with Gasteiger partial charge in [-0.3, -0.25) is 0 Å². The summed E-state index contributed by atoms with van der Waals surface area (Å²) in [6.07, 6.45) is 1.71. The standard InChI is InChI=1S/C11H23NOS/c1-4-12(5-2)7-9-14-11-6-8-13-10(11)3/h10-11H,4-9H2,1-3H3/t10-,11-/m0/s1. The molecule has 0 aromatic heterocycles. The van der Waals surface area contributed by atoms with Crippen LogP contribution >= 0.6 is 11.8 Å². The SMILES string of the molecule is CCN(CC)CCS[C@H]1CCO[C@H]1C. The van der Waals surface area contributed by atoms with E-state index in [0.717, 1.165) is 11.9 Å². The van der Waals surface area contributed by atoms with Gasteiger partial charge in [-0.05, 0) is 26.4 Å². The highest BCUT2D eigenvalue weighted by molar-refractivity contribution is 8.00. The summed E-state index contributed by atoms with van der Waals surface area (Å²) in [4.78, 5) is 2.48. The van der Waals surface area contributed by atoms with Gasteiger partial charge in [-0.25, -0.2) is 0 Å². The van der Waals surface area contributed by atoms with Gasteiger partial charge in [-0.15, -0.1) is 0 Å². The molecular weight excluding hydrogens is 194 g/mol. The zero-order chi connectivity index (χ0) is 10.4. The molecule has 2 nitrogen and oxygen atoms in total. The van der Waals surface area contributed by atoms with E-state index >= 15 is 0 Å². The molecule has 1 rings (SSSR count). The summed E-state index contributed by atoms with van der Waals surface area (Å²) < 4.78 is 5.54. The number of nitrogens with zero attached hydrogens (tertiary/aromatic N) is 1. The van der Waals surface area contributed by atoms with Crippen LogP contribution in [0.3, 0.4) is 0 Å². The van der Waals surface area contributed by atoms with Crippen molar-refractivity contribution in [2.45, 2.75) is 38.5 Å². The Balaban J connectivity index is 2.08. The normalized spacial score (nSPS) is 27.4. The molecule has 3 heteroatoms. The molecule has 0 spiro atoms. The van der Waals surface area contributed by atoms with Crippen LogP contribution in [0.2, 0.25) is 0 Å². The van der Waals surface area contributed by atoms with Gasteiger partial charge < -0.3 is 9.64 Å². The van der Waals surface area contributed by atoms with Crippen molar-refractivity contribution in [3.05, 3.63) is 0 Å². The van der Waals surface area contributed by atoms with E-state index in [4.69, 9.17) is 4.74 Å². The van der Waals surface area contributed by atoms with Crippen LogP contribution in [0.15, 0.2) is 0 Å². The Kier molecular flexibility index (Phi) is 5.90. The maximum atomic E-state index is 5.54. The van der Waals surface area contributed by atoms with Crippen molar-refractivity contribution in [1.82, 2.24) is 4.90 Å². The fraction of sp³-hybridized carbons (Fsp3) is 1.00. The molecule has 1 aliphatic rings. The highest BCUT2D eigenvalue weighted by Crippen LogP contribution is 2.25. The summed E-state index contributed by atoms with van der Waals surface area (Å²) in [7, 11) is 0. The van der Waals surface area contributed by atoms with E-state index in [1.165, 1.54) is 31.8 Å². The molecule has 2 atom stereocenters. The number of hydrogen-bond donors (Lipinski definition) is 0. The summed E-state index contributed by atoms with van der Waals surface area (Å²) in [6.45, 7) is 11.2. The van der Waals surface area contributed by atoms with Gasteiger partial charge in [0.1, 0.15) is 0 Å². The Morgan fingerprint density at radius 1 is 1.36 bits per heavy atom. The second-order valence-corrected chi connectivity index (χ2v) is 5.15. The van der Waals surface area contributed by atoms with Crippen molar-refractivity contribution >= 4 is 11.8 Å². The van der Waals surface area contributed by atoms with Crippen LogP contribution < -0.4 is 0 Å². The van der Waals surface area contributed by atoms with Crippen molar-refractivity contribution < 1.29 is 4.74 Å². The molecule has 1 saturated heterocycles. The van der Waals surface area contributed by atoms with Gasteiger partial charge in [0.2, 0.25) is 0 Å². The largest absolute Gasteiger partial charge is 0.377 e. The molecule has 0 aliphatic carbocycles. The zero-order valence-electron chi connectivity index (χ0n) is 9.66. The molecule has 14 heavy (non-hydrogen) atoms. The van der Waals surface area contributed by atoms with Crippen LogP contribution in [0.1, 0.15) is 27.2 Å². The van der Waals surface area contributed by atoms with Gasteiger partial charge in [-0.2, -0.15) is 11.8 Å². The van der Waals surface area contributed by atoms with Crippen LogP contribution in [0.4, 0.5) is 0 Å². The van der Waals surface area contributed by atoms with Crippen molar-refractivity contribution in [2.75, 3.05) is 32.0 Å². The van der Waals surface area contributed by atoms with Crippen LogP contribution in [0, 0.1) is 0 Å². The lowest BCUT2D eigenvalue weighted by Crippen LogP contribution is -2.26. The molecule has 0 radical (unpaired) electrons. The Hall–Kier alpha value is 0.270. The maximum Gasteiger partial charge on any atom is 0.0666 e. The first-order valence-corrected chi connectivity index (χ1v) is 6.78. The van der Waals surface area contributed by atoms with Gasteiger partial charge >= 0.3 is 0 Å². The molecule has 0 aromatic rings. The van der Waals surface area contributed by atoms with Gasteiger partial charge in [0.05, 0.1) is 6.10 Å². The molecular formula is C11H23NOS. The minimum Gasteiger partial charge on any atom is -0.377 e. The lowest BCUT2D eigenvalue weighted by atomic mass is 10.3. The lowest BCUT2D eigenvalue weighted by Gasteiger charge is -2.19. The zero-order valence-corrected chi connectivity index (χ0v) is 10.5. The van der Waals surface area contributed by atoms with Crippen molar-refractivity contribution in [1.29, 1.82) is 0 Å². The summed E-state index contributed by atoms with van der Waals surface area (Å²) >= 11 is 2.08. The van der Waals surface area contributed by atoms with Crippen LogP contribution in [-0.4, -0.2) is 48.2 Å². The fourth-order valence-corrected chi connectivity index (χ4v) is 3.08. The molecule has 84 valence electrons. The van der Waals surface area contributed by atoms with E-state index < -0.39 is 0 Å². The number of rotatable bonds is 6. The van der Waals surface area contributed by atoms with Crippen LogP contribution in [-0.2, 0) is 4.74 Å². The molecule has 1 aliphatic heterocycles. The molecule has 0 amide bonds. The van der Waals surface area contributed by atoms with E-state index in [1.807, 2.05) is 0 Å². The highest BCUT2D eigenvalue weighted by atomic mass is 32.2. The van der Waals surface area contributed by atoms with Crippen molar-refractivity contribution in [3.8, 4) is 0 Å². The van der Waals surface area contributed by atoms with Crippen LogP contribution in [0.25, 0.3) is 0 Å². The third-order valence-corrected chi connectivity index (χ3v) is 4.41. The topological polar surface area (TPSA) is 12.5 Å². The Morgan fingerprint density at radius 3 is 2.57 bits per heavy atom. The summed E-state index contributed by atoms with van der Waals surface area (Å²) in [6, 6.07) is 0. The van der Waals surface area contributed by atoms with E-state index in [-0.39, 0.29) is 0 Å². The minimum atomic E-state index is 0.469. The first-order valence-electron chi connectivity index (χ1n) is 5.73. The Morgan fingerprint density at radius 2 is 2.07 bits per heavy atom. The highest BCUT2D eigenvalue weighted by Gasteiger charge is 2.24. The van der Waals surface area contributed by atoms with E-state index in [1.54, 1.807) is 0 Å². The molecule has 0 N–H and O–H groups in total. The predicted molar refractivity (Wildman–Crippen MR) is 64.1 cm³/mol. The van der Waals surface area contributed by atoms with Crippen molar-refractivity contribution in [2.24, 2.45) is 0 Å². The third kappa shape index (κ3) is 3.79. The minimum absolute atomic E-state index is 0.469. The van der Waals surface area contributed by atoms with Crippen LogP contribution in [0.5, 0.6) is 0 Å². The number of ether oxygens (including phenoxy) is 1. The van der Waals surface area contributed by atoms with Gasteiger partial charge in [0.15, 0.2) is 0 Å². The molecule has 1 heterocycles. The smallest absolute Gasteiger partial charge is 0.0666 e. The average molecular weight is 217 g/mol. The molecule has 0 saturated carbocycles. The van der Waals surface area contributed by atoms with Gasteiger partial charge in [0.25, 0.3) is 0 Å². The Bertz CT molecular complexity index is 150. The van der Waals surface area contributed by atoms with E-state index in [9.17, 15) is 0 Å². The first kappa shape index (κ1) is 12.3. The first-order chi connectivity index (χ1) is 6.77. The summed E-state index contributed by atoms with van der Waals surface area (Å²) in [5, 5.41) is 0.741. The summed E-state index contributed by atoms with van der Waals surface area (Å²) in [5.74, 6) is 1.25. The number of thioether (sulfide) groups is 1. The molecule has 1 fully saturated rings. The average Bonchev–Trinajstić information content (AvgIpc) is 2.59. The van der Waals surface area contributed by atoms with Gasteiger partial charge in [0, 0.05) is 24.2 Å². The summed E-state index contributed by atoms with van der Waals surface area (Å²) in [5.41, 5.74) is 0. The molecule has 0 unspecified atom stereocenters. The van der Waals surface area contributed by atoms with E-state index in [0.29, 0.717) is 6.10 Å². The third-order valence-electron chi connectivity index (χ3n) is 2.94. The second kappa shape index (κ2) is 6.70. The Labute approximate surface area is 92.4 Å². The van der Waals surface area contributed by atoms with Gasteiger partial charge in [-0.1, -0.05) is 13.8 Å². The predicted octanol–water partition coefficient (Wildman–Crippen LogP) is 2.24. The quantitative estimate of drug-likeness (QED) is 0.677. The number of hydrogen-bond acceptors (Lipinski definition) is 3. The monoisotopic (exact) mass is 217 g/mol. The molecule has 0 bridgehead atoms. The molecule has 0 aromatic carbocycles. The second-order valence-electron chi connectivity index (χ2n) is 3.80.